The maximum atomic E-state index is 11.8. The van der Waals surface area contributed by atoms with Crippen molar-refractivity contribution >= 4 is 29.8 Å². The molecule has 0 radical (unpaired) electrons. The molecule has 0 amide bonds. The van der Waals surface area contributed by atoms with Crippen LogP contribution in [0, 0.1) is 11.8 Å². The van der Waals surface area contributed by atoms with Crippen LogP contribution in [0.3, 0.4) is 0 Å². The minimum absolute atomic E-state index is 0. The fourth-order valence-electron chi connectivity index (χ4n) is 4.66. The molecule has 0 bridgehead atoms. The highest BCUT2D eigenvalue weighted by molar-refractivity contribution is 5.85. The van der Waals surface area contributed by atoms with Crippen molar-refractivity contribution in [3.8, 4) is 0 Å². The Bertz CT molecular complexity index is 846. The van der Waals surface area contributed by atoms with Gasteiger partial charge in [-0.2, -0.15) is 0 Å². The van der Waals surface area contributed by atoms with Crippen LogP contribution >= 0.6 is 12.4 Å². The van der Waals surface area contributed by atoms with Crippen LogP contribution in [-0.2, 0) is 16.6 Å². The zero-order valence-corrected chi connectivity index (χ0v) is 17.3. The lowest BCUT2D eigenvalue weighted by Crippen LogP contribution is -2.27. The van der Waals surface area contributed by atoms with Crippen LogP contribution in [-0.4, -0.2) is 30.7 Å². The Morgan fingerprint density at radius 1 is 1.25 bits per heavy atom. The number of para-hydroxylation sites is 1. The van der Waals surface area contributed by atoms with E-state index in [9.17, 15) is 9.90 Å². The van der Waals surface area contributed by atoms with Crippen molar-refractivity contribution in [2.45, 2.75) is 32.1 Å². The van der Waals surface area contributed by atoms with E-state index in [2.05, 4.69) is 72.6 Å². The van der Waals surface area contributed by atoms with Crippen LogP contribution in [0.2, 0.25) is 0 Å². The summed E-state index contributed by atoms with van der Waals surface area (Å²) in [6.07, 6.45) is 1.54. The number of rotatable bonds is 5. The van der Waals surface area contributed by atoms with Crippen LogP contribution in [0.15, 0.2) is 48.5 Å². The topological polar surface area (TPSA) is 52.6 Å². The second-order valence-electron chi connectivity index (χ2n) is 8.56. The number of hydrogen-bond donors (Lipinski definition) is 2. The van der Waals surface area contributed by atoms with Crippen LogP contribution in [0.5, 0.6) is 0 Å². The number of anilines is 2. The molecule has 0 spiro atoms. The SMILES string of the molecule is CC1(C)CN(c2cccc(C[C@H](C(=O)O)[C@H]3CCNC3)c2)c2ccccc21.Cl. The lowest BCUT2D eigenvalue weighted by atomic mass is 9.86. The Kier molecular flexibility index (Phi) is 6.01. The van der Waals surface area contributed by atoms with E-state index >= 15 is 0 Å². The first-order valence-corrected chi connectivity index (χ1v) is 9.85. The monoisotopic (exact) mass is 400 g/mol. The van der Waals surface area contributed by atoms with Gasteiger partial charge in [0.2, 0.25) is 0 Å². The summed E-state index contributed by atoms with van der Waals surface area (Å²) < 4.78 is 0. The minimum atomic E-state index is -0.679. The van der Waals surface area contributed by atoms with E-state index in [4.69, 9.17) is 0 Å². The molecular formula is C23H29ClN2O2. The quantitative estimate of drug-likeness (QED) is 0.781. The van der Waals surface area contributed by atoms with Crippen molar-refractivity contribution in [1.29, 1.82) is 0 Å². The van der Waals surface area contributed by atoms with Gasteiger partial charge in [0, 0.05) is 23.3 Å². The van der Waals surface area contributed by atoms with E-state index in [1.54, 1.807) is 0 Å². The van der Waals surface area contributed by atoms with Crippen LogP contribution in [0.4, 0.5) is 11.4 Å². The third-order valence-corrected chi connectivity index (χ3v) is 6.14. The van der Waals surface area contributed by atoms with Gasteiger partial charge in [0.1, 0.15) is 0 Å². The summed E-state index contributed by atoms with van der Waals surface area (Å²) in [7, 11) is 0. The van der Waals surface area contributed by atoms with Crippen LogP contribution < -0.4 is 10.2 Å². The Morgan fingerprint density at radius 2 is 2.04 bits per heavy atom. The number of nitrogens with one attached hydrogen (secondary N) is 1. The molecule has 0 saturated carbocycles. The van der Waals surface area contributed by atoms with E-state index in [-0.39, 0.29) is 29.7 Å². The molecule has 4 nitrogen and oxygen atoms in total. The summed E-state index contributed by atoms with van der Waals surface area (Å²) in [5, 5.41) is 13.0. The highest BCUT2D eigenvalue weighted by atomic mass is 35.5. The molecule has 1 fully saturated rings. The third-order valence-electron chi connectivity index (χ3n) is 6.14. The number of carboxylic acids is 1. The summed E-state index contributed by atoms with van der Waals surface area (Å²) in [5.41, 5.74) is 4.99. The minimum Gasteiger partial charge on any atom is -0.481 e. The second-order valence-corrected chi connectivity index (χ2v) is 8.56. The number of nitrogens with zero attached hydrogens (tertiary/aromatic N) is 1. The predicted molar refractivity (Wildman–Crippen MR) is 116 cm³/mol. The Hall–Kier alpha value is -2.04. The molecule has 5 heteroatoms. The molecule has 0 unspecified atom stereocenters. The molecule has 2 aliphatic rings. The molecule has 0 aromatic heterocycles. The van der Waals surface area contributed by atoms with Crippen molar-refractivity contribution in [3.63, 3.8) is 0 Å². The maximum Gasteiger partial charge on any atom is 0.307 e. The molecule has 150 valence electrons. The van der Waals surface area contributed by atoms with E-state index in [0.29, 0.717) is 6.42 Å². The third kappa shape index (κ3) is 3.89. The highest BCUT2D eigenvalue weighted by Crippen LogP contribution is 2.44. The first-order chi connectivity index (χ1) is 13.0. The van der Waals surface area contributed by atoms with Crippen molar-refractivity contribution in [2.75, 3.05) is 24.5 Å². The number of carbonyl (C=O) groups is 1. The normalized spacial score (nSPS) is 21.1. The molecule has 2 aromatic carbocycles. The van der Waals surface area contributed by atoms with Crippen molar-refractivity contribution in [3.05, 3.63) is 59.7 Å². The van der Waals surface area contributed by atoms with Gasteiger partial charge in [0.15, 0.2) is 0 Å². The first kappa shape index (κ1) is 20.7. The smallest absolute Gasteiger partial charge is 0.307 e. The van der Waals surface area contributed by atoms with Crippen LogP contribution in [0.25, 0.3) is 0 Å². The summed E-state index contributed by atoms with van der Waals surface area (Å²) in [5.74, 6) is -0.781. The van der Waals surface area contributed by atoms with E-state index in [1.165, 1.54) is 11.3 Å². The average molecular weight is 401 g/mol. The number of hydrogen-bond acceptors (Lipinski definition) is 3. The molecule has 1 saturated heterocycles. The standard InChI is InChI=1S/C23H28N2O2.ClH/c1-23(2)15-25(21-9-4-3-8-20(21)23)18-7-5-6-16(12-18)13-19(22(26)27)17-10-11-24-14-17;/h3-9,12,17,19,24H,10-11,13-15H2,1-2H3,(H,26,27);1H/t17-,19-;/m0./s1. The fraction of sp³-hybridized carbons (Fsp3) is 0.435. The molecule has 2 N–H and O–H groups in total. The molecular weight excluding hydrogens is 372 g/mol. The molecule has 0 aliphatic carbocycles. The number of carboxylic acid groups (broad SMARTS) is 1. The zero-order valence-electron chi connectivity index (χ0n) is 16.5. The summed E-state index contributed by atoms with van der Waals surface area (Å²) in [4.78, 5) is 14.2. The molecule has 2 aliphatic heterocycles. The predicted octanol–water partition coefficient (Wildman–Crippen LogP) is 4.39. The Balaban J connectivity index is 0.00000225. The first-order valence-electron chi connectivity index (χ1n) is 9.85. The van der Waals surface area contributed by atoms with Gasteiger partial charge in [-0.3, -0.25) is 4.79 Å². The summed E-state index contributed by atoms with van der Waals surface area (Å²) in [6, 6.07) is 17.0. The van der Waals surface area contributed by atoms with Gasteiger partial charge in [0.25, 0.3) is 0 Å². The lowest BCUT2D eigenvalue weighted by Gasteiger charge is -2.24. The second kappa shape index (κ2) is 8.14. The molecule has 2 atom stereocenters. The van der Waals surface area contributed by atoms with Crippen molar-refractivity contribution in [1.82, 2.24) is 5.32 Å². The largest absolute Gasteiger partial charge is 0.481 e. The number of halogens is 1. The number of fused-ring (bicyclic) bond motifs is 1. The summed E-state index contributed by atoms with van der Waals surface area (Å²) >= 11 is 0. The van der Waals surface area contributed by atoms with Gasteiger partial charge in [-0.25, -0.2) is 0 Å². The van der Waals surface area contributed by atoms with Gasteiger partial charge in [-0.15, -0.1) is 12.4 Å². The average Bonchev–Trinajstić information content (AvgIpc) is 3.27. The molecule has 28 heavy (non-hydrogen) atoms. The zero-order chi connectivity index (χ0) is 19.0. The maximum absolute atomic E-state index is 11.8. The highest BCUT2D eigenvalue weighted by Gasteiger charge is 2.35. The lowest BCUT2D eigenvalue weighted by molar-refractivity contribution is -0.143. The fourth-order valence-corrected chi connectivity index (χ4v) is 4.66. The Morgan fingerprint density at radius 3 is 2.75 bits per heavy atom. The Labute approximate surface area is 173 Å². The van der Waals surface area contributed by atoms with Crippen LogP contribution in [0.1, 0.15) is 31.4 Å². The number of benzene rings is 2. The molecule has 2 aromatic rings. The van der Waals surface area contributed by atoms with Gasteiger partial charge >= 0.3 is 5.97 Å². The van der Waals surface area contributed by atoms with Gasteiger partial charge in [0.05, 0.1) is 5.92 Å². The van der Waals surface area contributed by atoms with Crippen molar-refractivity contribution in [2.24, 2.45) is 11.8 Å². The van der Waals surface area contributed by atoms with Gasteiger partial charge in [-0.1, -0.05) is 44.2 Å². The van der Waals surface area contributed by atoms with E-state index < -0.39 is 5.97 Å². The summed E-state index contributed by atoms with van der Waals surface area (Å²) in [6.45, 7) is 7.23. The molecule has 2 heterocycles. The van der Waals surface area contributed by atoms with Crippen molar-refractivity contribution < 1.29 is 9.90 Å². The molecule has 4 rings (SSSR count). The van der Waals surface area contributed by atoms with Gasteiger partial charge in [-0.05, 0) is 61.2 Å². The van der Waals surface area contributed by atoms with E-state index in [1.807, 2.05) is 0 Å². The van der Waals surface area contributed by atoms with E-state index in [0.717, 1.165) is 37.3 Å². The van der Waals surface area contributed by atoms with Gasteiger partial charge < -0.3 is 15.3 Å². The number of aliphatic carboxylic acids is 1.